The van der Waals surface area contributed by atoms with Crippen LogP contribution in [0.4, 0.5) is 5.69 Å². The lowest BCUT2D eigenvalue weighted by atomic mass is 9.79. The Morgan fingerprint density at radius 3 is 2.79 bits per heavy atom. The van der Waals surface area contributed by atoms with Crippen molar-refractivity contribution in [1.29, 1.82) is 0 Å². The van der Waals surface area contributed by atoms with Crippen molar-refractivity contribution in [3.05, 3.63) is 46.7 Å². The van der Waals surface area contributed by atoms with E-state index in [1.807, 2.05) is 31.1 Å². The Morgan fingerprint density at radius 1 is 1.25 bits per heavy atom. The minimum atomic E-state index is -0.442. The fourth-order valence-electron chi connectivity index (χ4n) is 4.58. The van der Waals surface area contributed by atoms with Crippen molar-refractivity contribution in [2.75, 3.05) is 25.6 Å². The standard InChI is InChI=1S/C22H20N2O4/c1-10-12-8-13-14(21(26)16(12)9-28-22(10)27)6-11-7-15-17(23-19(11)13)4-5-18(25)20(15)24(2)3/h4-5,7-8,10,14,25H,6,9H2,1-3H3/t10-,14?/m0/s1. The molecule has 1 aromatic carbocycles. The first kappa shape index (κ1) is 17.0. The maximum Gasteiger partial charge on any atom is 0.313 e. The van der Waals surface area contributed by atoms with E-state index in [1.165, 1.54) is 0 Å². The van der Waals surface area contributed by atoms with Crippen LogP contribution in [0.5, 0.6) is 5.75 Å². The number of ether oxygens (including phenoxy) is 1. The van der Waals surface area contributed by atoms with Crippen molar-refractivity contribution < 1.29 is 19.4 Å². The van der Waals surface area contributed by atoms with E-state index in [9.17, 15) is 14.7 Å². The Labute approximate surface area is 162 Å². The van der Waals surface area contributed by atoms with Crippen molar-refractivity contribution in [2.24, 2.45) is 11.8 Å². The number of pyridine rings is 1. The second kappa shape index (κ2) is 5.67. The van der Waals surface area contributed by atoms with Gasteiger partial charge in [-0.2, -0.15) is 0 Å². The van der Waals surface area contributed by atoms with Gasteiger partial charge in [-0.1, -0.05) is 6.08 Å². The zero-order valence-electron chi connectivity index (χ0n) is 15.9. The SMILES string of the molecule is C[C@@H]1C(=O)OCC2=C1C=C1c3nc4ccc(O)c(N(C)C)c4cc3CC1C2=O. The number of carbonyl (C=O) groups is 2. The van der Waals surface area contributed by atoms with Crippen LogP contribution in [0.1, 0.15) is 18.2 Å². The van der Waals surface area contributed by atoms with Crippen molar-refractivity contribution in [2.45, 2.75) is 13.3 Å². The molecule has 3 aliphatic rings. The number of Topliss-reactive ketones (excluding diaryl/α,β-unsaturated/α-hetero) is 1. The number of ketones is 1. The van der Waals surface area contributed by atoms with Crippen LogP contribution in [-0.4, -0.2) is 42.5 Å². The number of nitrogens with zero attached hydrogens (tertiary/aromatic N) is 2. The van der Waals surface area contributed by atoms with E-state index in [0.717, 1.165) is 33.3 Å². The Hall–Kier alpha value is -3.15. The van der Waals surface area contributed by atoms with Gasteiger partial charge in [0.2, 0.25) is 0 Å². The van der Waals surface area contributed by atoms with Gasteiger partial charge in [-0.3, -0.25) is 9.59 Å². The molecule has 0 saturated heterocycles. The van der Waals surface area contributed by atoms with E-state index in [0.29, 0.717) is 17.7 Å². The van der Waals surface area contributed by atoms with Gasteiger partial charge in [0.25, 0.3) is 0 Å². The molecule has 1 N–H and O–H groups in total. The number of anilines is 1. The number of aromatic nitrogens is 1. The highest BCUT2D eigenvalue weighted by atomic mass is 16.5. The van der Waals surface area contributed by atoms with Crippen molar-refractivity contribution in [3.63, 3.8) is 0 Å². The second-order valence-corrected chi connectivity index (χ2v) is 7.87. The molecule has 0 spiro atoms. The predicted molar refractivity (Wildman–Crippen MR) is 105 cm³/mol. The van der Waals surface area contributed by atoms with Gasteiger partial charge in [-0.15, -0.1) is 0 Å². The number of allylic oxidation sites excluding steroid dienone is 2. The van der Waals surface area contributed by atoms with Gasteiger partial charge < -0.3 is 14.7 Å². The van der Waals surface area contributed by atoms with Crippen molar-refractivity contribution >= 4 is 33.9 Å². The molecule has 2 aliphatic carbocycles. The lowest BCUT2D eigenvalue weighted by Crippen LogP contribution is -2.33. The summed E-state index contributed by atoms with van der Waals surface area (Å²) >= 11 is 0. The molecule has 5 rings (SSSR count). The highest BCUT2D eigenvalue weighted by Crippen LogP contribution is 2.46. The Kier molecular flexibility index (Phi) is 3.44. The van der Waals surface area contributed by atoms with Gasteiger partial charge >= 0.3 is 5.97 Å². The third-order valence-corrected chi connectivity index (χ3v) is 6.00. The van der Waals surface area contributed by atoms with Gasteiger partial charge in [-0.25, -0.2) is 4.98 Å². The van der Waals surface area contributed by atoms with Crippen LogP contribution >= 0.6 is 0 Å². The monoisotopic (exact) mass is 376 g/mol. The third kappa shape index (κ3) is 2.17. The van der Waals surface area contributed by atoms with Gasteiger partial charge in [0.1, 0.15) is 12.4 Å². The van der Waals surface area contributed by atoms with Crippen LogP contribution < -0.4 is 4.90 Å². The normalized spacial score (nSPS) is 23.2. The highest BCUT2D eigenvalue weighted by molar-refractivity contribution is 6.11. The smallest absolute Gasteiger partial charge is 0.313 e. The molecule has 2 aromatic rings. The molecule has 1 unspecified atom stereocenters. The number of aromatic hydroxyl groups is 1. The first-order chi connectivity index (χ1) is 13.4. The van der Waals surface area contributed by atoms with Crippen LogP contribution in [-0.2, 0) is 20.7 Å². The predicted octanol–water partition coefficient (Wildman–Crippen LogP) is 2.63. The molecule has 0 radical (unpaired) electrons. The van der Waals surface area contributed by atoms with E-state index in [1.54, 1.807) is 19.1 Å². The molecule has 1 aromatic heterocycles. The quantitative estimate of drug-likeness (QED) is 0.771. The summed E-state index contributed by atoms with van der Waals surface area (Å²) in [6, 6.07) is 5.47. The molecule has 0 bridgehead atoms. The van der Waals surface area contributed by atoms with E-state index >= 15 is 0 Å². The lowest BCUT2D eigenvalue weighted by Gasteiger charge is -2.28. The zero-order chi connectivity index (χ0) is 19.7. The molecule has 6 nitrogen and oxygen atoms in total. The molecule has 142 valence electrons. The summed E-state index contributed by atoms with van der Waals surface area (Å²) in [5.74, 6) is -0.782. The van der Waals surface area contributed by atoms with Gasteiger partial charge in [-0.05, 0) is 48.3 Å². The van der Waals surface area contributed by atoms with Gasteiger partial charge in [0.15, 0.2) is 5.78 Å². The number of phenols is 1. The molecule has 0 fully saturated rings. The van der Waals surface area contributed by atoms with E-state index in [-0.39, 0.29) is 30.0 Å². The molecular weight excluding hydrogens is 356 g/mol. The summed E-state index contributed by atoms with van der Waals surface area (Å²) < 4.78 is 5.18. The molecule has 2 heterocycles. The number of benzene rings is 1. The maximum absolute atomic E-state index is 13.1. The van der Waals surface area contributed by atoms with Crippen LogP contribution in [0.2, 0.25) is 0 Å². The number of fused-ring (bicyclic) bond motifs is 4. The zero-order valence-corrected chi connectivity index (χ0v) is 15.9. The highest BCUT2D eigenvalue weighted by Gasteiger charge is 2.42. The van der Waals surface area contributed by atoms with Crippen molar-refractivity contribution in [1.82, 2.24) is 4.98 Å². The summed E-state index contributed by atoms with van der Waals surface area (Å²) in [4.78, 5) is 31.8. The Balaban J connectivity index is 1.71. The summed E-state index contributed by atoms with van der Waals surface area (Å²) in [7, 11) is 3.76. The second-order valence-electron chi connectivity index (χ2n) is 7.87. The topological polar surface area (TPSA) is 79.7 Å². The minimum Gasteiger partial charge on any atom is -0.506 e. The molecule has 6 heteroatoms. The summed E-state index contributed by atoms with van der Waals surface area (Å²) in [6.07, 6.45) is 2.55. The molecule has 0 saturated carbocycles. The number of rotatable bonds is 1. The molecule has 28 heavy (non-hydrogen) atoms. The Bertz CT molecular complexity index is 1140. The molecule has 1 aliphatic heterocycles. The van der Waals surface area contributed by atoms with Crippen LogP contribution in [0.3, 0.4) is 0 Å². The molecule has 0 amide bonds. The maximum atomic E-state index is 13.1. The summed E-state index contributed by atoms with van der Waals surface area (Å²) in [5.41, 5.74) is 5.57. The summed E-state index contributed by atoms with van der Waals surface area (Å²) in [6.45, 7) is 1.83. The molecule has 2 atom stereocenters. The lowest BCUT2D eigenvalue weighted by molar-refractivity contribution is -0.147. The average molecular weight is 376 g/mol. The van der Waals surface area contributed by atoms with Crippen LogP contribution in [0.15, 0.2) is 35.4 Å². The number of cyclic esters (lactones) is 1. The Morgan fingerprint density at radius 2 is 2.04 bits per heavy atom. The fourth-order valence-corrected chi connectivity index (χ4v) is 4.58. The van der Waals surface area contributed by atoms with E-state index in [4.69, 9.17) is 9.72 Å². The summed E-state index contributed by atoms with van der Waals surface area (Å²) in [5, 5.41) is 11.1. The van der Waals surface area contributed by atoms with E-state index < -0.39 is 5.92 Å². The number of hydrogen-bond acceptors (Lipinski definition) is 6. The van der Waals surface area contributed by atoms with Crippen LogP contribution in [0.25, 0.3) is 16.5 Å². The van der Waals surface area contributed by atoms with E-state index in [2.05, 4.69) is 0 Å². The van der Waals surface area contributed by atoms with Crippen molar-refractivity contribution in [3.8, 4) is 5.75 Å². The van der Waals surface area contributed by atoms with Gasteiger partial charge in [0, 0.05) is 25.1 Å². The number of hydrogen-bond donors (Lipinski definition) is 1. The fraction of sp³-hybridized carbons (Fsp3) is 0.318. The number of phenolic OH excluding ortho intramolecular Hbond substituents is 1. The third-order valence-electron chi connectivity index (χ3n) is 6.00. The van der Waals surface area contributed by atoms with Gasteiger partial charge in [0.05, 0.1) is 28.7 Å². The largest absolute Gasteiger partial charge is 0.506 e. The minimum absolute atomic E-state index is 0.0320. The first-order valence-corrected chi connectivity index (χ1v) is 9.35. The number of esters is 1. The molecular formula is C22H20N2O4. The number of carbonyl (C=O) groups excluding carboxylic acids is 2. The van der Waals surface area contributed by atoms with Crippen LogP contribution in [0, 0.1) is 11.8 Å². The average Bonchev–Trinajstić information content (AvgIpc) is 3.01. The first-order valence-electron chi connectivity index (χ1n) is 9.35.